The van der Waals surface area contributed by atoms with Crippen molar-refractivity contribution in [1.29, 1.82) is 0 Å². The highest BCUT2D eigenvalue weighted by Crippen LogP contribution is 2.15. The zero-order chi connectivity index (χ0) is 20.8. The largest absolute Gasteiger partial charge is 0.392 e. The molecule has 2 aromatic carbocycles. The second-order valence-electron chi connectivity index (χ2n) is 6.69. The minimum atomic E-state index is -0.821. The van der Waals surface area contributed by atoms with Gasteiger partial charge < -0.3 is 25.8 Å². The molecular formula is C21H22ClN3O4. The Morgan fingerprint density at radius 1 is 1.14 bits per heavy atom. The second-order valence-corrected chi connectivity index (χ2v) is 7.13. The summed E-state index contributed by atoms with van der Waals surface area (Å²) in [5, 5.41) is 25.8. The average molecular weight is 416 g/mol. The molecule has 1 amide bonds. The van der Waals surface area contributed by atoms with Crippen molar-refractivity contribution < 1.29 is 15.0 Å². The van der Waals surface area contributed by atoms with Gasteiger partial charge in [-0.05, 0) is 29.3 Å². The molecule has 1 unspecified atom stereocenters. The molecule has 0 saturated carbocycles. The van der Waals surface area contributed by atoms with Gasteiger partial charge in [-0.3, -0.25) is 9.59 Å². The number of rotatable bonds is 8. The number of hydrogen-bond donors (Lipinski definition) is 5. The van der Waals surface area contributed by atoms with Gasteiger partial charge in [0.2, 0.25) is 5.43 Å². The Morgan fingerprint density at radius 2 is 1.93 bits per heavy atom. The lowest BCUT2D eigenvalue weighted by molar-refractivity contribution is 0.0914. The third-order valence-corrected chi connectivity index (χ3v) is 4.70. The van der Waals surface area contributed by atoms with E-state index >= 15 is 0 Å². The average Bonchev–Trinajstić information content (AvgIpc) is 2.72. The van der Waals surface area contributed by atoms with Gasteiger partial charge in [0.1, 0.15) is 5.56 Å². The van der Waals surface area contributed by atoms with E-state index in [4.69, 9.17) is 16.7 Å². The van der Waals surface area contributed by atoms with Gasteiger partial charge in [0.05, 0.1) is 18.2 Å². The van der Waals surface area contributed by atoms with Crippen LogP contribution in [0.25, 0.3) is 10.9 Å². The molecule has 1 heterocycles. The second kappa shape index (κ2) is 9.67. The van der Waals surface area contributed by atoms with Gasteiger partial charge in [-0.15, -0.1) is 0 Å². The fraction of sp³-hybridized carbons (Fsp3) is 0.238. The van der Waals surface area contributed by atoms with Crippen molar-refractivity contribution in [2.75, 3.05) is 13.1 Å². The third kappa shape index (κ3) is 5.42. The van der Waals surface area contributed by atoms with E-state index in [0.717, 1.165) is 11.1 Å². The highest BCUT2D eigenvalue weighted by atomic mass is 35.5. The van der Waals surface area contributed by atoms with Gasteiger partial charge in [0, 0.05) is 36.2 Å². The fourth-order valence-corrected chi connectivity index (χ4v) is 3.13. The van der Waals surface area contributed by atoms with Crippen LogP contribution in [-0.2, 0) is 13.2 Å². The molecule has 3 rings (SSSR count). The molecule has 0 aliphatic rings. The van der Waals surface area contributed by atoms with Crippen molar-refractivity contribution in [3.05, 3.63) is 80.6 Å². The standard InChI is InChI=1S/C21H22ClN3O4/c22-15-4-5-17-19(7-15)24-11-18(20(17)28)21(29)25-10-16(27)9-23-8-13-2-1-3-14(6-13)12-26/h1-7,11,16,23,26-27H,8-10,12H2,(H,24,28)(H,25,29). The predicted molar refractivity (Wildman–Crippen MR) is 112 cm³/mol. The third-order valence-electron chi connectivity index (χ3n) is 4.47. The Balaban J connectivity index is 1.52. The number of aromatic amines is 1. The number of amides is 1. The number of hydrogen-bond acceptors (Lipinski definition) is 5. The van der Waals surface area contributed by atoms with Crippen LogP contribution in [0.15, 0.2) is 53.5 Å². The maximum absolute atomic E-state index is 12.5. The van der Waals surface area contributed by atoms with Crippen LogP contribution in [0.2, 0.25) is 5.02 Å². The topological polar surface area (TPSA) is 114 Å². The summed E-state index contributed by atoms with van der Waals surface area (Å²) in [5.41, 5.74) is 1.93. The maximum atomic E-state index is 12.5. The Bertz CT molecular complexity index is 1070. The summed E-state index contributed by atoms with van der Waals surface area (Å²) in [4.78, 5) is 27.7. The van der Waals surface area contributed by atoms with Crippen molar-refractivity contribution in [3.8, 4) is 0 Å². The van der Waals surface area contributed by atoms with Crippen LogP contribution in [0.1, 0.15) is 21.5 Å². The summed E-state index contributed by atoms with van der Waals surface area (Å²) in [6.07, 6.45) is 0.521. The molecular weight excluding hydrogens is 394 g/mol. The molecule has 0 aliphatic carbocycles. The Morgan fingerprint density at radius 3 is 2.72 bits per heavy atom. The number of aliphatic hydroxyl groups excluding tert-OH is 2. The Kier molecular flexibility index (Phi) is 7.00. The van der Waals surface area contributed by atoms with Crippen molar-refractivity contribution >= 4 is 28.4 Å². The van der Waals surface area contributed by atoms with E-state index in [1.165, 1.54) is 6.20 Å². The zero-order valence-corrected chi connectivity index (χ0v) is 16.4. The summed E-state index contributed by atoms with van der Waals surface area (Å²) in [7, 11) is 0. The number of halogens is 1. The molecule has 5 N–H and O–H groups in total. The molecule has 3 aromatic rings. The first-order valence-corrected chi connectivity index (χ1v) is 9.52. The van der Waals surface area contributed by atoms with E-state index in [2.05, 4.69) is 15.6 Å². The highest BCUT2D eigenvalue weighted by molar-refractivity contribution is 6.31. The summed E-state index contributed by atoms with van der Waals surface area (Å²) in [6, 6.07) is 12.3. The van der Waals surface area contributed by atoms with Crippen molar-refractivity contribution in [2.45, 2.75) is 19.3 Å². The fourth-order valence-electron chi connectivity index (χ4n) is 2.96. The van der Waals surface area contributed by atoms with Crippen molar-refractivity contribution in [1.82, 2.24) is 15.6 Å². The first-order valence-electron chi connectivity index (χ1n) is 9.14. The number of carbonyl (C=O) groups excluding carboxylic acids is 1. The van der Waals surface area contributed by atoms with E-state index in [0.29, 0.717) is 22.5 Å². The lowest BCUT2D eigenvalue weighted by Crippen LogP contribution is -2.39. The van der Waals surface area contributed by atoms with E-state index in [9.17, 15) is 14.7 Å². The highest BCUT2D eigenvalue weighted by Gasteiger charge is 2.14. The van der Waals surface area contributed by atoms with Crippen molar-refractivity contribution in [3.63, 3.8) is 0 Å². The predicted octanol–water partition coefficient (Wildman–Crippen LogP) is 1.55. The lowest BCUT2D eigenvalue weighted by Gasteiger charge is -2.13. The SMILES string of the molecule is O=C(NCC(O)CNCc1cccc(CO)c1)c1c[nH]c2cc(Cl)ccc2c1=O. The Hall–Kier alpha value is -2.71. The number of aliphatic hydroxyl groups is 2. The van der Waals surface area contributed by atoms with E-state index in [1.54, 1.807) is 18.2 Å². The zero-order valence-electron chi connectivity index (χ0n) is 15.6. The minimum Gasteiger partial charge on any atom is -0.392 e. The van der Waals surface area contributed by atoms with Crippen LogP contribution in [-0.4, -0.2) is 40.3 Å². The molecule has 29 heavy (non-hydrogen) atoms. The number of aromatic nitrogens is 1. The molecule has 0 bridgehead atoms. The molecule has 0 fully saturated rings. The summed E-state index contributed by atoms with van der Waals surface area (Å²) in [5.74, 6) is -0.558. The van der Waals surface area contributed by atoms with Gasteiger partial charge in [-0.25, -0.2) is 0 Å². The lowest BCUT2D eigenvalue weighted by atomic mass is 10.1. The van der Waals surface area contributed by atoms with Gasteiger partial charge in [0.25, 0.3) is 5.91 Å². The quantitative estimate of drug-likeness (QED) is 0.383. The monoisotopic (exact) mass is 415 g/mol. The molecule has 7 nitrogen and oxygen atoms in total. The van der Waals surface area contributed by atoms with Crippen LogP contribution < -0.4 is 16.1 Å². The van der Waals surface area contributed by atoms with Gasteiger partial charge >= 0.3 is 0 Å². The van der Waals surface area contributed by atoms with E-state index < -0.39 is 17.4 Å². The van der Waals surface area contributed by atoms with E-state index in [-0.39, 0.29) is 25.3 Å². The molecule has 1 aromatic heterocycles. The minimum absolute atomic E-state index is 0.000603. The molecule has 0 aliphatic heterocycles. The van der Waals surface area contributed by atoms with Gasteiger partial charge in [-0.1, -0.05) is 35.9 Å². The van der Waals surface area contributed by atoms with Crippen LogP contribution in [0.5, 0.6) is 0 Å². The summed E-state index contributed by atoms with van der Waals surface area (Å²) in [6.45, 7) is 0.756. The van der Waals surface area contributed by atoms with Crippen LogP contribution in [0.4, 0.5) is 0 Å². The van der Waals surface area contributed by atoms with E-state index in [1.807, 2.05) is 24.3 Å². The van der Waals surface area contributed by atoms with Gasteiger partial charge in [0.15, 0.2) is 0 Å². The van der Waals surface area contributed by atoms with Crippen molar-refractivity contribution in [2.24, 2.45) is 0 Å². The number of nitrogens with one attached hydrogen (secondary N) is 3. The number of benzene rings is 2. The van der Waals surface area contributed by atoms with Gasteiger partial charge in [-0.2, -0.15) is 0 Å². The number of fused-ring (bicyclic) bond motifs is 1. The van der Waals surface area contributed by atoms with Crippen LogP contribution in [0.3, 0.4) is 0 Å². The number of carbonyl (C=O) groups is 1. The first-order chi connectivity index (χ1) is 14.0. The summed E-state index contributed by atoms with van der Waals surface area (Å²) >= 11 is 5.91. The number of H-pyrrole nitrogens is 1. The Labute approximate surface area is 172 Å². The van der Waals surface area contributed by atoms with Crippen LogP contribution >= 0.6 is 11.6 Å². The molecule has 0 saturated heterocycles. The number of pyridine rings is 1. The normalized spacial score (nSPS) is 12.1. The smallest absolute Gasteiger partial charge is 0.256 e. The first kappa shape index (κ1) is 21.0. The molecule has 1 atom stereocenters. The maximum Gasteiger partial charge on any atom is 0.256 e. The molecule has 152 valence electrons. The summed E-state index contributed by atoms with van der Waals surface area (Å²) < 4.78 is 0. The molecule has 0 spiro atoms. The molecule has 8 heteroatoms. The molecule has 0 radical (unpaired) electrons. The van der Waals surface area contributed by atoms with Crippen LogP contribution in [0, 0.1) is 0 Å².